The monoisotopic (exact) mass is 433 g/mol. The molecule has 0 saturated heterocycles. The van der Waals surface area contributed by atoms with Gasteiger partial charge in [0.05, 0.1) is 6.54 Å². The van der Waals surface area contributed by atoms with Crippen molar-refractivity contribution in [1.29, 1.82) is 0 Å². The SMILES string of the molecule is CN=C(NCCN(C)C1CCCC1)N(C)Cc1cccn1C.I. The molecular weight excluding hydrogens is 401 g/mol. The smallest absolute Gasteiger partial charge is 0.193 e. The number of hydrogen-bond acceptors (Lipinski definition) is 2. The number of likely N-dealkylation sites (N-methyl/N-ethyl adjacent to an activating group) is 1. The maximum Gasteiger partial charge on any atom is 0.193 e. The Hall–Kier alpha value is -0.760. The van der Waals surface area contributed by atoms with E-state index in [0.717, 1.165) is 31.6 Å². The van der Waals surface area contributed by atoms with E-state index in [1.54, 1.807) is 0 Å². The lowest BCUT2D eigenvalue weighted by molar-refractivity contribution is 0.248. The van der Waals surface area contributed by atoms with E-state index >= 15 is 0 Å². The van der Waals surface area contributed by atoms with Gasteiger partial charge in [-0.1, -0.05) is 12.8 Å². The van der Waals surface area contributed by atoms with Gasteiger partial charge in [0.15, 0.2) is 5.96 Å². The van der Waals surface area contributed by atoms with E-state index in [4.69, 9.17) is 0 Å². The molecule has 0 atom stereocenters. The molecule has 1 aromatic rings. The fraction of sp³-hybridized carbons (Fsp3) is 0.706. The fourth-order valence-electron chi connectivity index (χ4n) is 3.24. The lowest BCUT2D eigenvalue weighted by atomic mass is 10.2. The van der Waals surface area contributed by atoms with Gasteiger partial charge < -0.3 is 19.7 Å². The van der Waals surface area contributed by atoms with Crippen molar-refractivity contribution in [2.75, 3.05) is 34.2 Å². The Bertz CT molecular complexity index is 479. The summed E-state index contributed by atoms with van der Waals surface area (Å²) in [6.07, 6.45) is 7.58. The molecule has 0 radical (unpaired) electrons. The van der Waals surface area contributed by atoms with Gasteiger partial charge in [-0.05, 0) is 32.0 Å². The largest absolute Gasteiger partial charge is 0.355 e. The van der Waals surface area contributed by atoms with Crippen LogP contribution in [0.25, 0.3) is 0 Å². The first-order valence-corrected chi connectivity index (χ1v) is 8.34. The Labute approximate surface area is 158 Å². The van der Waals surface area contributed by atoms with Crippen LogP contribution < -0.4 is 5.32 Å². The van der Waals surface area contributed by atoms with Crippen LogP contribution >= 0.6 is 24.0 Å². The van der Waals surface area contributed by atoms with Gasteiger partial charge in [0, 0.05) is 52.2 Å². The quantitative estimate of drug-likeness (QED) is 0.426. The second kappa shape index (κ2) is 10.2. The molecule has 0 amide bonds. The Morgan fingerprint density at radius 2 is 2.04 bits per heavy atom. The van der Waals surface area contributed by atoms with Crippen molar-refractivity contribution in [1.82, 2.24) is 19.7 Å². The molecule has 0 aromatic carbocycles. The highest BCUT2D eigenvalue weighted by Crippen LogP contribution is 2.21. The van der Waals surface area contributed by atoms with Crippen molar-refractivity contribution < 1.29 is 0 Å². The molecule has 1 aliphatic rings. The van der Waals surface area contributed by atoms with E-state index in [9.17, 15) is 0 Å². The van der Waals surface area contributed by atoms with Gasteiger partial charge in [0.2, 0.25) is 0 Å². The normalized spacial score (nSPS) is 15.8. The predicted molar refractivity (Wildman–Crippen MR) is 109 cm³/mol. The lowest BCUT2D eigenvalue weighted by Gasteiger charge is -2.26. The highest BCUT2D eigenvalue weighted by molar-refractivity contribution is 14.0. The van der Waals surface area contributed by atoms with Crippen LogP contribution in [0.3, 0.4) is 0 Å². The summed E-state index contributed by atoms with van der Waals surface area (Å²) in [4.78, 5) is 9.06. The summed E-state index contributed by atoms with van der Waals surface area (Å²) in [6, 6.07) is 5.01. The molecule has 0 aliphatic heterocycles. The van der Waals surface area contributed by atoms with Crippen molar-refractivity contribution >= 4 is 29.9 Å². The molecule has 132 valence electrons. The summed E-state index contributed by atoms with van der Waals surface area (Å²) >= 11 is 0. The number of halogens is 1. The van der Waals surface area contributed by atoms with E-state index in [1.165, 1.54) is 31.4 Å². The number of nitrogens with one attached hydrogen (secondary N) is 1. The van der Waals surface area contributed by atoms with E-state index in [-0.39, 0.29) is 24.0 Å². The number of nitrogens with zero attached hydrogens (tertiary/aromatic N) is 4. The van der Waals surface area contributed by atoms with Gasteiger partial charge in [-0.25, -0.2) is 0 Å². The summed E-state index contributed by atoms with van der Waals surface area (Å²) in [5.74, 6) is 0.959. The minimum absolute atomic E-state index is 0. The minimum atomic E-state index is 0. The summed E-state index contributed by atoms with van der Waals surface area (Å²) < 4.78 is 2.15. The molecule has 23 heavy (non-hydrogen) atoms. The number of aliphatic imine (C=N–C) groups is 1. The molecule has 1 N–H and O–H groups in total. The number of aromatic nitrogens is 1. The van der Waals surface area contributed by atoms with E-state index in [2.05, 4.69) is 64.1 Å². The minimum Gasteiger partial charge on any atom is -0.355 e. The Morgan fingerprint density at radius 3 is 2.61 bits per heavy atom. The Balaban J connectivity index is 0.00000264. The Morgan fingerprint density at radius 1 is 1.35 bits per heavy atom. The molecule has 2 rings (SSSR count). The van der Waals surface area contributed by atoms with Gasteiger partial charge in [-0.15, -0.1) is 24.0 Å². The van der Waals surface area contributed by atoms with Crippen molar-refractivity contribution in [3.05, 3.63) is 24.0 Å². The highest BCUT2D eigenvalue weighted by atomic mass is 127. The van der Waals surface area contributed by atoms with Gasteiger partial charge in [-0.3, -0.25) is 4.99 Å². The third-order valence-corrected chi connectivity index (χ3v) is 4.72. The number of aryl methyl sites for hydroxylation is 1. The van der Waals surface area contributed by atoms with E-state index in [1.807, 2.05) is 7.05 Å². The number of rotatable bonds is 6. The van der Waals surface area contributed by atoms with Crippen LogP contribution in [0, 0.1) is 0 Å². The maximum absolute atomic E-state index is 4.40. The second-order valence-corrected chi connectivity index (χ2v) is 6.36. The van der Waals surface area contributed by atoms with Crippen molar-refractivity contribution in [3.8, 4) is 0 Å². The summed E-state index contributed by atoms with van der Waals surface area (Å²) in [7, 11) is 8.26. The van der Waals surface area contributed by atoms with E-state index < -0.39 is 0 Å². The van der Waals surface area contributed by atoms with Crippen LogP contribution in [0.15, 0.2) is 23.3 Å². The first-order chi connectivity index (χ1) is 10.6. The van der Waals surface area contributed by atoms with Gasteiger partial charge in [0.1, 0.15) is 0 Å². The average molecular weight is 433 g/mol. The average Bonchev–Trinajstić information content (AvgIpc) is 3.16. The zero-order valence-corrected chi connectivity index (χ0v) is 17.3. The second-order valence-electron chi connectivity index (χ2n) is 6.36. The predicted octanol–water partition coefficient (Wildman–Crippen LogP) is 2.52. The molecule has 5 nitrogen and oxygen atoms in total. The number of guanidine groups is 1. The van der Waals surface area contributed by atoms with Gasteiger partial charge in [0.25, 0.3) is 0 Å². The molecule has 1 saturated carbocycles. The topological polar surface area (TPSA) is 35.8 Å². The fourth-order valence-corrected chi connectivity index (χ4v) is 3.24. The molecule has 1 aliphatic carbocycles. The first kappa shape index (κ1) is 20.3. The molecule has 6 heteroatoms. The van der Waals surface area contributed by atoms with Crippen LogP contribution in [-0.2, 0) is 13.6 Å². The first-order valence-electron chi connectivity index (χ1n) is 8.34. The van der Waals surface area contributed by atoms with Crippen LogP contribution in [0.2, 0.25) is 0 Å². The molecular formula is C17H32IN5. The molecule has 0 spiro atoms. The lowest BCUT2D eigenvalue weighted by Crippen LogP contribution is -2.43. The van der Waals surface area contributed by atoms with Gasteiger partial charge in [-0.2, -0.15) is 0 Å². The zero-order valence-electron chi connectivity index (χ0n) is 15.0. The van der Waals surface area contributed by atoms with Crippen LogP contribution in [-0.4, -0.2) is 60.6 Å². The van der Waals surface area contributed by atoms with Crippen LogP contribution in [0.5, 0.6) is 0 Å². The van der Waals surface area contributed by atoms with Crippen LogP contribution in [0.4, 0.5) is 0 Å². The maximum atomic E-state index is 4.40. The molecule has 1 aromatic heterocycles. The van der Waals surface area contributed by atoms with Crippen molar-refractivity contribution in [2.45, 2.75) is 38.3 Å². The third-order valence-electron chi connectivity index (χ3n) is 4.72. The highest BCUT2D eigenvalue weighted by Gasteiger charge is 2.19. The molecule has 1 fully saturated rings. The molecule has 0 unspecified atom stereocenters. The zero-order chi connectivity index (χ0) is 15.9. The number of hydrogen-bond donors (Lipinski definition) is 1. The van der Waals surface area contributed by atoms with E-state index in [0.29, 0.717) is 0 Å². The van der Waals surface area contributed by atoms with Crippen LogP contribution in [0.1, 0.15) is 31.4 Å². The van der Waals surface area contributed by atoms with Crippen molar-refractivity contribution in [3.63, 3.8) is 0 Å². The standard InChI is InChI=1S/C17H31N5.HI/c1-18-17(22(4)14-16-10-7-12-20(16)2)19-11-13-21(3)15-8-5-6-9-15;/h7,10,12,15H,5-6,8-9,11,13-14H2,1-4H3,(H,18,19);1H. The molecule has 1 heterocycles. The summed E-state index contributed by atoms with van der Waals surface area (Å²) in [5, 5.41) is 3.48. The Kier molecular flexibility index (Phi) is 8.98. The molecule has 0 bridgehead atoms. The van der Waals surface area contributed by atoms with Gasteiger partial charge >= 0.3 is 0 Å². The summed E-state index contributed by atoms with van der Waals surface area (Å²) in [6.45, 7) is 2.88. The third kappa shape index (κ3) is 5.99. The summed E-state index contributed by atoms with van der Waals surface area (Å²) in [5.41, 5.74) is 1.29. The van der Waals surface area contributed by atoms with Crippen molar-refractivity contribution in [2.24, 2.45) is 12.0 Å².